The molecule has 2 N–H and O–H groups in total. The number of aliphatic hydroxyl groups excluding tert-OH is 2. The molecule has 5 nitrogen and oxygen atoms in total. The summed E-state index contributed by atoms with van der Waals surface area (Å²) in [5, 5.41) is 17.4. The molecule has 0 fully saturated rings. The molecule has 0 bridgehead atoms. The summed E-state index contributed by atoms with van der Waals surface area (Å²) in [4.78, 5) is 11.1. The Morgan fingerprint density at radius 1 is 1.60 bits per heavy atom. The van der Waals surface area contributed by atoms with Crippen LogP contribution in [0.25, 0.3) is 0 Å². The molecule has 5 heteroatoms. The predicted molar refractivity (Wildman–Crippen MR) is 54.0 cm³/mol. The second-order valence-corrected chi connectivity index (χ2v) is 2.86. The van der Waals surface area contributed by atoms with Crippen LogP contribution in [0.2, 0.25) is 0 Å². The van der Waals surface area contributed by atoms with Crippen LogP contribution in [0.5, 0.6) is 0 Å². The summed E-state index contributed by atoms with van der Waals surface area (Å²) >= 11 is 0. The normalized spacial score (nSPS) is 13.1. The van der Waals surface area contributed by atoms with Gasteiger partial charge in [-0.1, -0.05) is 12.7 Å². The topological polar surface area (TPSA) is 76.0 Å². The maximum absolute atomic E-state index is 11.1. The first-order valence-electron chi connectivity index (χ1n) is 4.47. The first-order valence-corrected chi connectivity index (χ1v) is 4.47. The van der Waals surface area contributed by atoms with E-state index in [1.54, 1.807) is 0 Å². The molecule has 0 amide bonds. The second-order valence-electron chi connectivity index (χ2n) is 2.86. The molecule has 0 aromatic heterocycles. The summed E-state index contributed by atoms with van der Waals surface area (Å²) in [6.45, 7) is 4.62. The Morgan fingerprint density at radius 2 is 2.27 bits per heavy atom. The highest BCUT2D eigenvalue weighted by atomic mass is 16.5. The van der Waals surface area contributed by atoms with Crippen LogP contribution in [0.4, 0.5) is 0 Å². The van der Waals surface area contributed by atoms with E-state index < -0.39 is 12.1 Å². The van der Waals surface area contributed by atoms with Gasteiger partial charge in [-0.3, -0.25) is 0 Å². The Bertz CT molecular complexity index is 234. The summed E-state index contributed by atoms with van der Waals surface area (Å²) in [5.41, 5.74) is 0.280. The molecule has 15 heavy (non-hydrogen) atoms. The average Bonchev–Trinajstić information content (AvgIpc) is 2.25. The minimum Gasteiger partial charge on any atom is -0.498 e. The van der Waals surface area contributed by atoms with Gasteiger partial charge in [0.15, 0.2) is 0 Å². The van der Waals surface area contributed by atoms with E-state index in [9.17, 15) is 4.79 Å². The van der Waals surface area contributed by atoms with E-state index in [1.807, 2.05) is 0 Å². The number of carbonyl (C=O) groups excluding carboxylic acids is 1. The number of hydrogen-bond acceptors (Lipinski definition) is 5. The van der Waals surface area contributed by atoms with Crippen molar-refractivity contribution in [3.05, 3.63) is 24.5 Å². The second kappa shape index (κ2) is 8.02. The van der Waals surface area contributed by atoms with E-state index in [0.717, 1.165) is 0 Å². The van der Waals surface area contributed by atoms with Crippen LogP contribution in [0.15, 0.2) is 24.5 Å². The maximum atomic E-state index is 11.1. The van der Waals surface area contributed by atoms with Crippen molar-refractivity contribution in [2.24, 2.45) is 0 Å². The van der Waals surface area contributed by atoms with Crippen LogP contribution in [0, 0.1) is 0 Å². The molecule has 0 spiro atoms. The molecule has 1 atom stereocenters. The number of carbonyl (C=O) groups is 1. The Labute approximate surface area is 88.6 Å². The van der Waals surface area contributed by atoms with Gasteiger partial charge in [-0.15, -0.1) is 0 Å². The molecule has 0 aliphatic rings. The van der Waals surface area contributed by atoms with Crippen molar-refractivity contribution in [1.29, 1.82) is 0 Å². The Kier molecular flexibility index (Phi) is 7.31. The predicted octanol–water partition coefficient (Wildman–Crippen LogP) is -0.0108. The lowest BCUT2D eigenvalue weighted by Crippen LogP contribution is -2.18. The van der Waals surface area contributed by atoms with Crippen molar-refractivity contribution in [1.82, 2.24) is 0 Å². The van der Waals surface area contributed by atoms with Crippen LogP contribution in [-0.2, 0) is 14.3 Å². The van der Waals surface area contributed by atoms with E-state index in [2.05, 4.69) is 6.58 Å². The Morgan fingerprint density at radius 3 is 2.80 bits per heavy atom. The standard InChI is InChI=1S/C10H16O5/c1-3-4-15-10(13)8(2)6-14-7-9(12)5-11/h3,6,9,11-12H,1,4-5,7H2,2H3. The molecule has 0 aliphatic heterocycles. The lowest BCUT2D eigenvalue weighted by molar-refractivity contribution is -0.137. The van der Waals surface area contributed by atoms with Gasteiger partial charge in [0, 0.05) is 0 Å². The largest absolute Gasteiger partial charge is 0.498 e. The fourth-order valence-electron chi connectivity index (χ4n) is 0.633. The quantitative estimate of drug-likeness (QED) is 0.271. The highest BCUT2D eigenvalue weighted by Gasteiger charge is 2.05. The van der Waals surface area contributed by atoms with Gasteiger partial charge in [-0.2, -0.15) is 0 Å². The Hall–Kier alpha value is -1.33. The first-order chi connectivity index (χ1) is 7.11. The van der Waals surface area contributed by atoms with E-state index in [4.69, 9.17) is 19.7 Å². The molecule has 0 heterocycles. The van der Waals surface area contributed by atoms with Gasteiger partial charge in [0.25, 0.3) is 0 Å². The first kappa shape index (κ1) is 13.7. The molecule has 0 rings (SSSR count). The van der Waals surface area contributed by atoms with Crippen molar-refractivity contribution < 1.29 is 24.5 Å². The summed E-state index contributed by atoms with van der Waals surface area (Å²) < 4.78 is 9.57. The molecular weight excluding hydrogens is 200 g/mol. The van der Waals surface area contributed by atoms with Gasteiger partial charge in [-0.25, -0.2) is 4.79 Å². The van der Waals surface area contributed by atoms with Gasteiger partial charge in [0.1, 0.15) is 19.3 Å². The van der Waals surface area contributed by atoms with Crippen LogP contribution in [0.1, 0.15) is 6.92 Å². The lowest BCUT2D eigenvalue weighted by atomic mass is 10.3. The molecule has 0 radical (unpaired) electrons. The third-order valence-corrected chi connectivity index (χ3v) is 1.41. The fraction of sp³-hybridized carbons (Fsp3) is 0.500. The van der Waals surface area contributed by atoms with Gasteiger partial charge >= 0.3 is 5.97 Å². The molecule has 0 aliphatic carbocycles. The maximum Gasteiger partial charge on any atom is 0.337 e. The molecule has 0 aromatic carbocycles. The number of aliphatic hydroxyl groups is 2. The van der Waals surface area contributed by atoms with Crippen LogP contribution in [0.3, 0.4) is 0 Å². The number of rotatable bonds is 7. The number of hydrogen-bond donors (Lipinski definition) is 2. The third-order valence-electron chi connectivity index (χ3n) is 1.41. The summed E-state index contributed by atoms with van der Waals surface area (Å²) in [7, 11) is 0. The monoisotopic (exact) mass is 216 g/mol. The van der Waals surface area contributed by atoms with E-state index >= 15 is 0 Å². The lowest BCUT2D eigenvalue weighted by Gasteiger charge is -2.07. The Balaban J connectivity index is 3.86. The molecule has 0 saturated carbocycles. The minimum atomic E-state index is -0.946. The minimum absolute atomic E-state index is 0.0669. The van der Waals surface area contributed by atoms with E-state index in [-0.39, 0.29) is 25.4 Å². The molecule has 0 saturated heterocycles. The van der Waals surface area contributed by atoms with Crippen molar-refractivity contribution in [3.8, 4) is 0 Å². The molecular formula is C10H16O5. The van der Waals surface area contributed by atoms with E-state index in [0.29, 0.717) is 0 Å². The summed E-state index contributed by atoms with van der Waals surface area (Å²) in [6, 6.07) is 0. The number of ether oxygens (including phenoxy) is 2. The van der Waals surface area contributed by atoms with Crippen molar-refractivity contribution in [2.45, 2.75) is 13.0 Å². The SMILES string of the molecule is C=CCOC(=O)C(C)=COCC(O)CO. The van der Waals surface area contributed by atoms with Gasteiger partial charge in [0.05, 0.1) is 18.4 Å². The third kappa shape index (κ3) is 6.70. The highest BCUT2D eigenvalue weighted by molar-refractivity contribution is 5.87. The van der Waals surface area contributed by atoms with Gasteiger partial charge < -0.3 is 19.7 Å². The zero-order valence-electron chi connectivity index (χ0n) is 8.68. The highest BCUT2D eigenvalue weighted by Crippen LogP contribution is 1.98. The van der Waals surface area contributed by atoms with Crippen molar-refractivity contribution in [3.63, 3.8) is 0 Å². The van der Waals surface area contributed by atoms with Crippen LogP contribution < -0.4 is 0 Å². The summed E-state index contributed by atoms with van der Waals surface area (Å²) in [5.74, 6) is -0.506. The average molecular weight is 216 g/mol. The van der Waals surface area contributed by atoms with E-state index in [1.165, 1.54) is 19.3 Å². The molecule has 1 unspecified atom stereocenters. The van der Waals surface area contributed by atoms with Crippen LogP contribution >= 0.6 is 0 Å². The number of esters is 1. The zero-order valence-corrected chi connectivity index (χ0v) is 8.68. The van der Waals surface area contributed by atoms with Crippen molar-refractivity contribution >= 4 is 5.97 Å². The summed E-state index contributed by atoms with van der Waals surface area (Å²) in [6.07, 6.45) is 1.70. The van der Waals surface area contributed by atoms with Gasteiger partial charge in [-0.05, 0) is 6.92 Å². The van der Waals surface area contributed by atoms with Crippen LogP contribution in [-0.4, -0.2) is 42.1 Å². The molecule has 86 valence electrons. The van der Waals surface area contributed by atoms with Crippen molar-refractivity contribution in [2.75, 3.05) is 19.8 Å². The molecule has 0 aromatic rings. The zero-order chi connectivity index (χ0) is 11.7. The fourth-order valence-corrected chi connectivity index (χ4v) is 0.633. The smallest absolute Gasteiger partial charge is 0.337 e. The van der Waals surface area contributed by atoms with Gasteiger partial charge in [0.2, 0.25) is 0 Å².